The first-order valence-electron chi connectivity index (χ1n) is 10.7. The summed E-state index contributed by atoms with van der Waals surface area (Å²) in [7, 11) is -3.95. The molecular formula is C23H20ClF3N2O4S. The number of nitrogens with one attached hydrogen (secondary N) is 1. The van der Waals surface area contributed by atoms with Crippen LogP contribution in [-0.4, -0.2) is 30.9 Å². The van der Waals surface area contributed by atoms with Gasteiger partial charge in [0, 0.05) is 35.7 Å². The van der Waals surface area contributed by atoms with Gasteiger partial charge in [-0.15, -0.1) is 0 Å². The topological polar surface area (TPSA) is 84.8 Å². The average Bonchev–Trinajstić information content (AvgIpc) is 3.45. The Morgan fingerprint density at radius 3 is 2.53 bits per heavy atom. The van der Waals surface area contributed by atoms with Gasteiger partial charge in [-0.1, -0.05) is 16.8 Å². The first-order valence-corrected chi connectivity index (χ1v) is 12.7. The van der Waals surface area contributed by atoms with E-state index in [1.807, 2.05) is 6.92 Å². The van der Waals surface area contributed by atoms with Crippen molar-refractivity contribution < 1.29 is 31.2 Å². The maximum Gasteiger partial charge on any atom is 0.255 e. The molecule has 0 radical (unpaired) electrons. The molecule has 34 heavy (non-hydrogen) atoms. The van der Waals surface area contributed by atoms with Crippen molar-refractivity contribution >= 4 is 38.7 Å². The highest BCUT2D eigenvalue weighted by Crippen LogP contribution is 2.59. The first-order chi connectivity index (χ1) is 16.0. The van der Waals surface area contributed by atoms with Crippen LogP contribution in [-0.2, 0) is 14.7 Å². The molecule has 2 bridgehead atoms. The van der Waals surface area contributed by atoms with Gasteiger partial charge in [0.2, 0.25) is 0 Å². The van der Waals surface area contributed by atoms with Gasteiger partial charge in [-0.3, -0.25) is 4.79 Å². The van der Waals surface area contributed by atoms with Crippen LogP contribution < -0.4 is 5.32 Å². The van der Waals surface area contributed by atoms with Crippen LogP contribution in [0.1, 0.15) is 43.0 Å². The molecule has 0 saturated heterocycles. The summed E-state index contributed by atoms with van der Waals surface area (Å²) in [5.41, 5.74) is -0.188. The minimum atomic E-state index is -3.95. The predicted octanol–water partition coefficient (Wildman–Crippen LogP) is 5.12. The molecule has 2 aliphatic carbocycles. The molecule has 1 heterocycles. The van der Waals surface area contributed by atoms with Crippen LogP contribution in [0.5, 0.6) is 0 Å². The molecule has 2 aromatic rings. The Balaban J connectivity index is 1.44. The third kappa shape index (κ3) is 3.58. The lowest BCUT2D eigenvalue weighted by atomic mass is 9.81. The van der Waals surface area contributed by atoms with Crippen molar-refractivity contribution in [1.82, 2.24) is 0 Å². The largest absolute Gasteiger partial charge is 0.389 e. The van der Waals surface area contributed by atoms with Crippen molar-refractivity contribution in [3.8, 4) is 0 Å². The van der Waals surface area contributed by atoms with Gasteiger partial charge in [-0.25, -0.2) is 21.6 Å². The van der Waals surface area contributed by atoms with E-state index in [4.69, 9.17) is 16.4 Å². The Morgan fingerprint density at radius 1 is 1.18 bits per heavy atom. The molecule has 2 fully saturated rings. The Kier molecular flexibility index (Phi) is 5.44. The van der Waals surface area contributed by atoms with E-state index in [1.165, 1.54) is 12.1 Å². The molecule has 180 valence electrons. The fraction of sp³-hybridized carbons (Fsp3) is 0.391. The zero-order valence-electron chi connectivity index (χ0n) is 17.9. The Bertz CT molecular complexity index is 1330. The lowest BCUT2D eigenvalue weighted by molar-refractivity contribution is -0.0586. The monoisotopic (exact) mass is 512 g/mol. The second kappa shape index (κ2) is 7.98. The summed E-state index contributed by atoms with van der Waals surface area (Å²) >= 11 is 6.27. The molecule has 1 amide bonds. The quantitative estimate of drug-likeness (QED) is 0.576. The van der Waals surface area contributed by atoms with Gasteiger partial charge in [0.05, 0.1) is 20.9 Å². The second-order valence-corrected chi connectivity index (χ2v) is 11.7. The number of hydrogen-bond acceptors (Lipinski definition) is 5. The number of carbonyl (C=O) groups is 1. The van der Waals surface area contributed by atoms with Crippen LogP contribution >= 0.6 is 11.6 Å². The highest BCUT2D eigenvalue weighted by Gasteiger charge is 2.64. The van der Waals surface area contributed by atoms with E-state index in [-0.39, 0.29) is 33.0 Å². The van der Waals surface area contributed by atoms with Crippen LogP contribution in [0.25, 0.3) is 0 Å². The van der Waals surface area contributed by atoms with E-state index >= 15 is 0 Å². The van der Waals surface area contributed by atoms with Crippen molar-refractivity contribution in [2.24, 2.45) is 17.0 Å². The number of anilines is 1. The molecular weight excluding hydrogens is 493 g/mol. The summed E-state index contributed by atoms with van der Waals surface area (Å²) in [5.74, 6) is -5.78. The van der Waals surface area contributed by atoms with Gasteiger partial charge in [0.15, 0.2) is 27.3 Å². The summed E-state index contributed by atoms with van der Waals surface area (Å²) in [6.45, 7) is 1.85. The smallest absolute Gasteiger partial charge is 0.255 e. The van der Waals surface area contributed by atoms with Gasteiger partial charge >= 0.3 is 0 Å². The minimum absolute atomic E-state index is 0.0319. The second-order valence-electron chi connectivity index (χ2n) is 9.17. The maximum atomic E-state index is 13.7. The maximum absolute atomic E-state index is 13.7. The average molecular weight is 513 g/mol. The number of amides is 1. The zero-order chi connectivity index (χ0) is 24.4. The molecule has 11 heteroatoms. The van der Waals surface area contributed by atoms with Gasteiger partial charge < -0.3 is 10.2 Å². The highest BCUT2D eigenvalue weighted by atomic mass is 35.5. The van der Waals surface area contributed by atoms with Crippen molar-refractivity contribution in [3.05, 3.63) is 58.4 Å². The predicted molar refractivity (Wildman–Crippen MR) is 119 cm³/mol. The van der Waals surface area contributed by atoms with E-state index < -0.39 is 44.0 Å². The van der Waals surface area contributed by atoms with Crippen LogP contribution in [0, 0.1) is 29.3 Å². The molecule has 1 N–H and O–H groups in total. The molecule has 1 aliphatic heterocycles. The summed E-state index contributed by atoms with van der Waals surface area (Å²) in [5, 5.41) is 5.56. The SMILES string of the molecule is CC1=NO[C@]2(C1)CC1CCC2[C@@H]1S(=O)(=O)c1cc(C(=O)Nc2cc(F)c(F)c(F)c2)ccc1Cl. The molecule has 2 aromatic carbocycles. The number of oxime groups is 1. The minimum Gasteiger partial charge on any atom is -0.389 e. The van der Waals surface area contributed by atoms with E-state index in [0.29, 0.717) is 31.4 Å². The summed E-state index contributed by atoms with van der Waals surface area (Å²) in [6.07, 6.45) is 2.61. The molecule has 6 nitrogen and oxygen atoms in total. The van der Waals surface area contributed by atoms with Gasteiger partial charge in [-0.05, 0) is 50.3 Å². The zero-order valence-corrected chi connectivity index (χ0v) is 19.5. The summed E-state index contributed by atoms with van der Waals surface area (Å²) < 4.78 is 67.7. The number of nitrogens with zero attached hydrogens (tertiary/aromatic N) is 1. The number of carbonyl (C=O) groups excluding carboxylic acids is 1. The molecule has 2 saturated carbocycles. The molecule has 4 atom stereocenters. The van der Waals surface area contributed by atoms with E-state index in [9.17, 15) is 26.4 Å². The molecule has 5 rings (SSSR count). The third-order valence-corrected chi connectivity index (χ3v) is 9.85. The van der Waals surface area contributed by atoms with E-state index in [1.54, 1.807) is 0 Å². The Morgan fingerprint density at radius 2 is 1.88 bits per heavy atom. The number of hydrogen-bond donors (Lipinski definition) is 1. The van der Waals surface area contributed by atoms with Crippen LogP contribution in [0.2, 0.25) is 5.02 Å². The standard InChI is InChI=1S/C23H20ClF3N2O4S/c1-11-9-23(33-29-11)10-13-2-4-15(23)21(13)34(31,32)19-6-12(3-5-16(19)24)22(30)28-14-7-17(25)20(27)18(26)8-14/h3,5-8,13,15,21H,2,4,9-10H2,1H3,(H,28,30)/t13?,15?,21-,23-/m1/s1. The van der Waals surface area contributed by atoms with E-state index in [2.05, 4.69) is 10.5 Å². The molecule has 3 aliphatic rings. The highest BCUT2D eigenvalue weighted by molar-refractivity contribution is 7.92. The Labute approximate surface area is 199 Å². The first kappa shape index (κ1) is 23.2. The van der Waals surface area contributed by atoms with Crippen LogP contribution in [0.4, 0.5) is 18.9 Å². The number of rotatable bonds is 4. The van der Waals surface area contributed by atoms with Crippen LogP contribution in [0.3, 0.4) is 0 Å². The van der Waals surface area contributed by atoms with E-state index in [0.717, 1.165) is 18.2 Å². The number of halogens is 4. The fourth-order valence-corrected chi connectivity index (χ4v) is 8.63. The summed E-state index contributed by atoms with van der Waals surface area (Å²) in [4.78, 5) is 18.2. The molecule has 2 unspecified atom stereocenters. The normalized spacial score (nSPS) is 27.7. The third-order valence-electron chi connectivity index (χ3n) is 7.03. The van der Waals surface area contributed by atoms with Crippen molar-refractivity contribution in [3.63, 3.8) is 0 Å². The van der Waals surface area contributed by atoms with Gasteiger partial charge in [0.25, 0.3) is 5.91 Å². The van der Waals surface area contributed by atoms with Gasteiger partial charge in [-0.2, -0.15) is 0 Å². The van der Waals surface area contributed by atoms with Crippen molar-refractivity contribution in [2.45, 2.75) is 48.4 Å². The van der Waals surface area contributed by atoms with Crippen molar-refractivity contribution in [1.29, 1.82) is 0 Å². The van der Waals surface area contributed by atoms with Crippen molar-refractivity contribution in [2.75, 3.05) is 5.32 Å². The van der Waals surface area contributed by atoms with Crippen LogP contribution in [0.15, 0.2) is 40.4 Å². The molecule has 1 spiro atoms. The fourth-order valence-electron chi connectivity index (χ4n) is 5.71. The number of benzene rings is 2. The summed E-state index contributed by atoms with van der Waals surface area (Å²) in [6, 6.07) is 5.01. The lowest BCUT2D eigenvalue weighted by Crippen LogP contribution is -2.39. The Hall–Kier alpha value is -2.59. The van der Waals surface area contributed by atoms with Gasteiger partial charge in [0.1, 0.15) is 5.60 Å². The number of sulfone groups is 1. The number of fused-ring (bicyclic) bond motifs is 3. The lowest BCUT2D eigenvalue weighted by Gasteiger charge is -2.31. The molecule has 0 aromatic heterocycles.